The Kier molecular flexibility index (Phi) is 7.06. The molecule has 0 aliphatic carbocycles. The van der Waals surface area contributed by atoms with E-state index in [1.54, 1.807) is 7.11 Å². The molecule has 0 saturated carbocycles. The zero-order chi connectivity index (χ0) is 15.6. The van der Waals surface area contributed by atoms with Crippen LogP contribution in [0.15, 0.2) is 59.5 Å². The van der Waals surface area contributed by atoms with Gasteiger partial charge < -0.3 is 15.4 Å². The van der Waals surface area contributed by atoms with Crippen molar-refractivity contribution in [1.82, 2.24) is 10.6 Å². The first kappa shape index (κ1) is 16.6. The first-order valence-corrected chi connectivity index (χ1v) is 8.50. The second-order valence-electron chi connectivity index (χ2n) is 4.62. The zero-order valence-electron chi connectivity index (χ0n) is 12.5. The minimum atomic E-state index is 0.677. The van der Waals surface area contributed by atoms with Gasteiger partial charge in [-0.05, 0) is 42.0 Å². The lowest BCUT2D eigenvalue weighted by Gasteiger charge is -2.11. The van der Waals surface area contributed by atoms with Crippen molar-refractivity contribution < 1.29 is 4.74 Å². The molecule has 0 amide bonds. The molecule has 2 rings (SSSR count). The Labute approximate surface area is 141 Å². The van der Waals surface area contributed by atoms with E-state index in [1.165, 1.54) is 4.90 Å². The topological polar surface area (TPSA) is 33.3 Å². The van der Waals surface area contributed by atoms with Gasteiger partial charge in [-0.25, -0.2) is 0 Å². The molecule has 0 aliphatic heterocycles. The van der Waals surface area contributed by atoms with E-state index in [0.717, 1.165) is 23.6 Å². The summed E-state index contributed by atoms with van der Waals surface area (Å²) in [6, 6.07) is 18.3. The second kappa shape index (κ2) is 9.33. The number of nitrogens with one attached hydrogen (secondary N) is 2. The van der Waals surface area contributed by atoms with Gasteiger partial charge in [0.15, 0.2) is 5.11 Å². The first-order valence-electron chi connectivity index (χ1n) is 7.10. The normalized spacial score (nSPS) is 10.0. The average Bonchev–Trinajstić information content (AvgIpc) is 2.58. The van der Waals surface area contributed by atoms with Crippen LogP contribution in [0, 0.1) is 0 Å². The number of thioether (sulfide) groups is 1. The monoisotopic (exact) mass is 332 g/mol. The van der Waals surface area contributed by atoms with E-state index in [4.69, 9.17) is 17.0 Å². The Morgan fingerprint density at radius 3 is 2.68 bits per heavy atom. The fourth-order valence-electron chi connectivity index (χ4n) is 1.88. The molecule has 116 valence electrons. The molecule has 2 aromatic rings. The molecule has 5 heteroatoms. The van der Waals surface area contributed by atoms with Crippen molar-refractivity contribution in [3.8, 4) is 5.75 Å². The molecule has 0 spiro atoms. The molecule has 2 aromatic carbocycles. The third kappa shape index (κ3) is 5.95. The van der Waals surface area contributed by atoms with Crippen molar-refractivity contribution in [3.05, 3.63) is 60.2 Å². The summed E-state index contributed by atoms with van der Waals surface area (Å²) in [6.45, 7) is 1.53. The minimum absolute atomic E-state index is 0.677. The Balaban J connectivity index is 1.63. The lowest BCUT2D eigenvalue weighted by molar-refractivity contribution is 0.414. The van der Waals surface area contributed by atoms with E-state index in [2.05, 4.69) is 34.9 Å². The zero-order valence-corrected chi connectivity index (χ0v) is 14.2. The predicted octanol–water partition coefficient (Wildman–Crippen LogP) is 3.45. The van der Waals surface area contributed by atoms with Crippen LogP contribution in [0.1, 0.15) is 5.56 Å². The summed E-state index contributed by atoms with van der Waals surface area (Å²) in [5.41, 5.74) is 1.14. The van der Waals surface area contributed by atoms with Crippen LogP contribution in [0.2, 0.25) is 0 Å². The maximum Gasteiger partial charge on any atom is 0.166 e. The highest BCUT2D eigenvalue weighted by Crippen LogP contribution is 2.15. The molecule has 0 atom stereocenters. The molecule has 0 heterocycles. The summed E-state index contributed by atoms with van der Waals surface area (Å²) in [5.74, 6) is 1.84. The van der Waals surface area contributed by atoms with Crippen molar-refractivity contribution >= 4 is 29.1 Å². The maximum absolute atomic E-state index is 5.28. The largest absolute Gasteiger partial charge is 0.497 e. The SMILES string of the molecule is COc1cccc(CNC(=S)NCCSc2ccccc2)c1. The number of methoxy groups -OCH3 is 1. The van der Waals surface area contributed by atoms with Crippen LogP contribution in [-0.2, 0) is 6.54 Å². The Morgan fingerprint density at radius 1 is 1.09 bits per heavy atom. The van der Waals surface area contributed by atoms with Crippen LogP contribution < -0.4 is 15.4 Å². The van der Waals surface area contributed by atoms with Gasteiger partial charge in [0.05, 0.1) is 7.11 Å². The van der Waals surface area contributed by atoms with Gasteiger partial charge in [-0.1, -0.05) is 30.3 Å². The smallest absolute Gasteiger partial charge is 0.166 e. The number of hydrogen-bond donors (Lipinski definition) is 2. The van der Waals surface area contributed by atoms with Gasteiger partial charge in [0.1, 0.15) is 5.75 Å². The number of hydrogen-bond acceptors (Lipinski definition) is 3. The van der Waals surface area contributed by atoms with E-state index in [-0.39, 0.29) is 0 Å². The van der Waals surface area contributed by atoms with Crippen LogP contribution >= 0.6 is 24.0 Å². The molecular formula is C17H20N2OS2. The van der Waals surface area contributed by atoms with E-state index in [0.29, 0.717) is 11.7 Å². The summed E-state index contributed by atoms with van der Waals surface area (Å²) < 4.78 is 5.20. The number of ether oxygens (including phenoxy) is 1. The number of benzene rings is 2. The van der Waals surface area contributed by atoms with E-state index < -0.39 is 0 Å². The highest BCUT2D eigenvalue weighted by atomic mass is 32.2. The molecule has 2 N–H and O–H groups in total. The minimum Gasteiger partial charge on any atom is -0.497 e. The van der Waals surface area contributed by atoms with Crippen molar-refractivity contribution in [1.29, 1.82) is 0 Å². The lowest BCUT2D eigenvalue weighted by Crippen LogP contribution is -2.35. The third-order valence-corrected chi connectivity index (χ3v) is 4.29. The van der Waals surface area contributed by atoms with Crippen LogP contribution in [0.5, 0.6) is 5.75 Å². The molecule has 22 heavy (non-hydrogen) atoms. The quantitative estimate of drug-likeness (QED) is 0.461. The van der Waals surface area contributed by atoms with Crippen molar-refractivity contribution in [3.63, 3.8) is 0 Å². The Hall–Kier alpha value is -1.72. The number of rotatable bonds is 7. The van der Waals surface area contributed by atoms with E-state index in [9.17, 15) is 0 Å². The summed E-state index contributed by atoms with van der Waals surface area (Å²) in [7, 11) is 1.67. The fraction of sp³-hybridized carbons (Fsp3) is 0.235. The van der Waals surface area contributed by atoms with Gasteiger partial charge in [0.25, 0.3) is 0 Å². The van der Waals surface area contributed by atoms with Gasteiger partial charge >= 0.3 is 0 Å². The van der Waals surface area contributed by atoms with E-state index >= 15 is 0 Å². The molecule has 0 aromatic heterocycles. The Morgan fingerprint density at radius 2 is 1.91 bits per heavy atom. The molecular weight excluding hydrogens is 312 g/mol. The van der Waals surface area contributed by atoms with Crippen LogP contribution in [0.4, 0.5) is 0 Å². The average molecular weight is 332 g/mol. The van der Waals surface area contributed by atoms with Crippen molar-refractivity contribution in [2.24, 2.45) is 0 Å². The van der Waals surface area contributed by atoms with Gasteiger partial charge in [-0.15, -0.1) is 11.8 Å². The molecule has 0 aliphatic rings. The highest BCUT2D eigenvalue weighted by molar-refractivity contribution is 7.99. The fourth-order valence-corrected chi connectivity index (χ4v) is 2.84. The predicted molar refractivity (Wildman–Crippen MR) is 97.6 cm³/mol. The molecule has 0 bridgehead atoms. The van der Waals surface area contributed by atoms with Crippen molar-refractivity contribution in [2.45, 2.75) is 11.4 Å². The van der Waals surface area contributed by atoms with Gasteiger partial charge in [0.2, 0.25) is 0 Å². The molecule has 0 radical (unpaired) electrons. The molecule has 3 nitrogen and oxygen atoms in total. The summed E-state index contributed by atoms with van der Waals surface area (Å²) in [4.78, 5) is 1.28. The molecule has 0 fully saturated rings. The Bertz CT molecular complexity index is 590. The summed E-state index contributed by atoms with van der Waals surface area (Å²) in [5, 5.41) is 7.10. The molecule has 0 saturated heterocycles. The standard InChI is InChI=1S/C17H20N2OS2/c1-20-15-7-5-6-14(12-15)13-19-17(21)18-10-11-22-16-8-3-2-4-9-16/h2-9,12H,10-11,13H2,1H3,(H2,18,19,21). The molecule has 0 unspecified atom stereocenters. The third-order valence-electron chi connectivity index (χ3n) is 2.99. The maximum atomic E-state index is 5.28. The first-order chi connectivity index (χ1) is 10.8. The second-order valence-corrected chi connectivity index (χ2v) is 6.20. The van der Waals surface area contributed by atoms with E-state index in [1.807, 2.05) is 42.1 Å². The van der Waals surface area contributed by atoms with Crippen molar-refractivity contribution in [2.75, 3.05) is 19.4 Å². The van der Waals surface area contributed by atoms with Gasteiger partial charge in [-0.3, -0.25) is 0 Å². The summed E-state index contributed by atoms with van der Waals surface area (Å²) in [6.07, 6.45) is 0. The van der Waals surface area contributed by atoms with Crippen LogP contribution in [0.25, 0.3) is 0 Å². The number of thiocarbonyl (C=S) groups is 1. The summed E-state index contributed by atoms with van der Waals surface area (Å²) >= 11 is 7.10. The van der Waals surface area contributed by atoms with Crippen LogP contribution in [0.3, 0.4) is 0 Å². The van der Waals surface area contributed by atoms with Gasteiger partial charge in [0, 0.05) is 23.7 Å². The van der Waals surface area contributed by atoms with Gasteiger partial charge in [-0.2, -0.15) is 0 Å². The van der Waals surface area contributed by atoms with Crippen LogP contribution in [-0.4, -0.2) is 24.5 Å². The highest BCUT2D eigenvalue weighted by Gasteiger charge is 1.99. The lowest BCUT2D eigenvalue weighted by atomic mass is 10.2.